The highest BCUT2D eigenvalue weighted by atomic mass is 32.2. The van der Waals surface area contributed by atoms with E-state index < -0.39 is 41.7 Å². The number of aromatic nitrogens is 3. The fourth-order valence-corrected chi connectivity index (χ4v) is 6.05. The molecule has 3 unspecified atom stereocenters. The number of hydrogen-bond acceptors (Lipinski definition) is 6. The minimum absolute atomic E-state index is 0.102. The molecule has 4 atom stereocenters. The van der Waals surface area contributed by atoms with Crippen molar-refractivity contribution in [3.8, 4) is 0 Å². The second-order valence-corrected chi connectivity index (χ2v) is 11.6. The highest BCUT2D eigenvalue weighted by Crippen LogP contribution is 2.26. The Bertz CT molecular complexity index is 1960. The molecule has 230 valence electrons. The lowest BCUT2D eigenvalue weighted by molar-refractivity contribution is 0.241. The maximum atomic E-state index is 14.8. The lowest BCUT2D eigenvalue weighted by Crippen LogP contribution is -2.48. The molecule has 5 rings (SSSR count). The Kier molecular flexibility index (Phi) is 8.97. The first kappa shape index (κ1) is 31.1. The molecule has 3 N–H and O–H groups in total. The van der Waals surface area contributed by atoms with Gasteiger partial charge < -0.3 is 9.88 Å². The fourth-order valence-electron chi connectivity index (χ4n) is 5.45. The van der Waals surface area contributed by atoms with Gasteiger partial charge in [0.15, 0.2) is 12.1 Å². The van der Waals surface area contributed by atoms with Crippen LogP contribution in [0.15, 0.2) is 74.1 Å². The normalized spacial score (nSPS) is 18.4. The Balaban J connectivity index is 1.62. The SMILES string of the molecule is CC1=CCC([C@@H](CF)Nc2cccc(F)c2S(N)=O)=c2cc(C3C=CN=C(c4cnn(C(C)F)c4C)N=C3)n(C)c(=O)c2=C1. The van der Waals surface area contributed by atoms with Crippen LogP contribution in [-0.2, 0) is 18.0 Å². The quantitative estimate of drug-likeness (QED) is 0.400. The van der Waals surface area contributed by atoms with Crippen LogP contribution in [0.5, 0.6) is 0 Å². The second-order valence-electron chi connectivity index (χ2n) is 10.6. The van der Waals surface area contributed by atoms with E-state index in [1.165, 1.54) is 34.5 Å². The van der Waals surface area contributed by atoms with Crippen molar-refractivity contribution in [1.82, 2.24) is 14.3 Å². The summed E-state index contributed by atoms with van der Waals surface area (Å²) >= 11 is 0. The fraction of sp³-hybridized carbons (Fsp3) is 0.290. The van der Waals surface area contributed by atoms with Crippen LogP contribution < -0.4 is 26.5 Å². The molecule has 13 heteroatoms. The standard InChI is InChI=1S/C31H32F3N7O2S/c1-17-8-9-21(27(14-32)39-26-7-5-6-25(34)29(26)44(35)43)22-13-28(40(4)31(42)23(22)12-17)20-10-11-36-30(37-15-20)24-16-38-41(18(24)2)19(3)33/h5-8,10-13,15-16,19-20,27,39H,9,14,35H2,1-4H3/t19?,20?,27-,44?/m1/s1. The number of pyridine rings is 1. The van der Waals surface area contributed by atoms with Crippen LogP contribution in [0.3, 0.4) is 0 Å². The molecule has 2 aliphatic rings. The van der Waals surface area contributed by atoms with Crippen LogP contribution in [0, 0.1) is 12.7 Å². The van der Waals surface area contributed by atoms with Crippen molar-refractivity contribution < 1.29 is 17.4 Å². The topological polar surface area (TPSA) is 120 Å². The van der Waals surface area contributed by atoms with Crippen LogP contribution >= 0.6 is 0 Å². The first-order chi connectivity index (χ1) is 21.0. The predicted octanol–water partition coefficient (Wildman–Crippen LogP) is 3.36. The number of nitrogens with zero attached hydrogens (tertiary/aromatic N) is 5. The summed E-state index contributed by atoms with van der Waals surface area (Å²) in [5, 5.41) is 13.5. The summed E-state index contributed by atoms with van der Waals surface area (Å²) in [6, 6.07) is 4.87. The van der Waals surface area contributed by atoms with Gasteiger partial charge in [-0.2, -0.15) is 5.10 Å². The average molecular weight is 624 g/mol. The maximum Gasteiger partial charge on any atom is 0.258 e. The predicted molar refractivity (Wildman–Crippen MR) is 167 cm³/mol. The number of anilines is 1. The van der Waals surface area contributed by atoms with Crippen molar-refractivity contribution in [2.75, 3.05) is 12.0 Å². The van der Waals surface area contributed by atoms with E-state index in [-0.39, 0.29) is 16.1 Å². The molecule has 0 saturated heterocycles. The molecule has 44 heavy (non-hydrogen) atoms. The molecule has 1 aromatic carbocycles. The van der Waals surface area contributed by atoms with Gasteiger partial charge in [0.2, 0.25) is 0 Å². The molecule has 0 bridgehead atoms. The Hall–Kier alpha value is -4.36. The average Bonchev–Trinajstić information content (AvgIpc) is 3.12. The molecule has 1 aliphatic heterocycles. The minimum Gasteiger partial charge on any atom is -0.375 e. The van der Waals surface area contributed by atoms with E-state index in [1.54, 1.807) is 38.5 Å². The largest absolute Gasteiger partial charge is 0.375 e. The molecule has 0 radical (unpaired) electrons. The van der Waals surface area contributed by atoms with Crippen LogP contribution in [0.4, 0.5) is 18.9 Å². The van der Waals surface area contributed by atoms with Gasteiger partial charge in [0.05, 0.1) is 29.4 Å². The highest BCUT2D eigenvalue weighted by molar-refractivity contribution is 7.82. The molecule has 0 amide bonds. The van der Waals surface area contributed by atoms with E-state index in [0.717, 1.165) is 11.6 Å². The van der Waals surface area contributed by atoms with Crippen LogP contribution in [0.25, 0.3) is 11.6 Å². The third-order valence-electron chi connectivity index (χ3n) is 7.75. The lowest BCUT2D eigenvalue weighted by atomic mass is 9.98. The number of fused-ring (bicyclic) bond motifs is 1. The van der Waals surface area contributed by atoms with Crippen LogP contribution in [0.2, 0.25) is 0 Å². The van der Waals surface area contributed by atoms with E-state index in [2.05, 4.69) is 20.4 Å². The summed E-state index contributed by atoms with van der Waals surface area (Å²) in [5.74, 6) is -0.916. The number of aliphatic imine (C=N–C) groups is 2. The zero-order valence-electron chi connectivity index (χ0n) is 24.6. The van der Waals surface area contributed by atoms with Crippen molar-refractivity contribution in [3.63, 3.8) is 0 Å². The third kappa shape index (κ3) is 5.89. The van der Waals surface area contributed by atoms with Crippen LogP contribution in [-0.4, -0.2) is 43.3 Å². The monoisotopic (exact) mass is 623 g/mol. The highest BCUT2D eigenvalue weighted by Gasteiger charge is 2.23. The van der Waals surface area contributed by atoms with E-state index in [9.17, 15) is 22.2 Å². The number of alkyl halides is 2. The lowest BCUT2D eigenvalue weighted by Gasteiger charge is -2.22. The summed E-state index contributed by atoms with van der Waals surface area (Å²) in [6.45, 7) is 4.07. The Labute approximate surface area is 254 Å². The number of benzene rings is 1. The molecule has 3 aromatic rings. The summed E-state index contributed by atoms with van der Waals surface area (Å²) in [7, 11) is -0.508. The van der Waals surface area contributed by atoms with Crippen LogP contribution in [0.1, 0.15) is 49.4 Å². The van der Waals surface area contributed by atoms with Gasteiger partial charge >= 0.3 is 0 Å². The van der Waals surface area contributed by atoms with Gasteiger partial charge in [0.25, 0.3) is 5.56 Å². The molecular formula is C31H32F3N7O2S. The molecule has 0 spiro atoms. The Morgan fingerprint density at radius 3 is 2.73 bits per heavy atom. The van der Waals surface area contributed by atoms with E-state index >= 15 is 0 Å². The number of halogens is 3. The zero-order chi connectivity index (χ0) is 31.7. The number of hydrogen-bond donors (Lipinski definition) is 2. The molecule has 3 heterocycles. The number of allylic oxidation sites excluding steroid dienone is 3. The number of nitrogens with one attached hydrogen (secondary N) is 1. The van der Waals surface area contributed by atoms with Gasteiger partial charge in [-0.25, -0.2) is 37.2 Å². The van der Waals surface area contributed by atoms with Crippen molar-refractivity contribution in [1.29, 1.82) is 0 Å². The zero-order valence-corrected chi connectivity index (χ0v) is 25.4. The van der Waals surface area contributed by atoms with E-state index in [1.807, 2.05) is 19.1 Å². The summed E-state index contributed by atoms with van der Waals surface area (Å²) in [4.78, 5) is 22.5. The van der Waals surface area contributed by atoms with Gasteiger partial charge in [-0.15, -0.1) is 0 Å². The number of nitrogens with two attached hydrogens (primary N) is 1. The van der Waals surface area contributed by atoms with E-state index in [0.29, 0.717) is 45.2 Å². The van der Waals surface area contributed by atoms with Gasteiger partial charge in [-0.3, -0.25) is 4.79 Å². The van der Waals surface area contributed by atoms with Gasteiger partial charge in [-0.05, 0) is 62.3 Å². The molecule has 2 aromatic heterocycles. The van der Waals surface area contributed by atoms with Gasteiger partial charge in [0, 0.05) is 36.1 Å². The van der Waals surface area contributed by atoms with E-state index in [4.69, 9.17) is 5.14 Å². The molecule has 1 aliphatic carbocycles. The maximum absolute atomic E-state index is 14.8. The van der Waals surface area contributed by atoms with Gasteiger partial charge in [-0.1, -0.05) is 23.8 Å². The van der Waals surface area contributed by atoms with Crippen molar-refractivity contribution in [3.05, 3.63) is 97.9 Å². The van der Waals surface area contributed by atoms with Crippen molar-refractivity contribution in [2.24, 2.45) is 22.2 Å². The Morgan fingerprint density at radius 2 is 2.05 bits per heavy atom. The number of amidine groups is 1. The third-order valence-corrected chi connectivity index (χ3v) is 8.57. The summed E-state index contributed by atoms with van der Waals surface area (Å²) < 4.78 is 58.1. The minimum atomic E-state index is -2.16. The van der Waals surface area contributed by atoms with Gasteiger partial charge in [0.1, 0.15) is 28.4 Å². The van der Waals surface area contributed by atoms with Crippen molar-refractivity contribution in [2.45, 2.75) is 50.3 Å². The molecule has 0 saturated carbocycles. The first-order valence-corrected chi connectivity index (χ1v) is 15.1. The summed E-state index contributed by atoms with van der Waals surface area (Å²) in [5.41, 5.74) is 2.91. The second kappa shape index (κ2) is 12.7. The molecular weight excluding hydrogens is 591 g/mol. The smallest absolute Gasteiger partial charge is 0.258 e. The molecule has 0 fully saturated rings. The number of rotatable bonds is 8. The Morgan fingerprint density at radius 1 is 1.27 bits per heavy atom. The first-order valence-electron chi connectivity index (χ1n) is 13.9. The van der Waals surface area contributed by atoms with Crippen molar-refractivity contribution >= 4 is 40.4 Å². The summed E-state index contributed by atoms with van der Waals surface area (Å²) in [6.07, 6.45) is 9.14. The molecule has 9 nitrogen and oxygen atoms in total.